The third kappa shape index (κ3) is 5.71. The number of nitrogens with one attached hydrogen (secondary N) is 1. The molecule has 0 spiro atoms. The Bertz CT molecular complexity index is 1120. The molecule has 3 rings (SSSR count). The molecule has 31 heavy (non-hydrogen) atoms. The number of aliphatic imine (C=N–C) groups is 1. The standard InChI is InChI=1S/C25H24N2O4/c1-28-19-11-13-21(23(16-19)30-3)26-25(15-10-18-8-6-5-7-9-18)27-22-14-12-20(29-2)17-24(22)31-4/h5-9,11-14,16-17H,1-4H3,(H,26,27). The second-order valence-electron chi connectivity index (χ2n) is 6.31. The molecule has 0 fully saturated rings. The molecule has 0 aromatic heterocycles. The molecule has 0 atom stereocenters. The summed E-state index contributed by atoms with van der Waals surface area (Å²) in [6.45, 7) is 0. The van der Waals surface area contributed by atoms with Gasteiger partial charge in [0.05, 0.1) is 34.1 Å². The first-order chi connectivity index (χ1) is 15.2. The van der Waals surface area contributed by atoms with Crippen LogP contribution in [0, 0.1) is 11.8 Å². The molecule has 6 nitrogen and oxygen atoms in total. The first-order valence-electron chi connectivity index (χ1n) is 9.53. The molecule has 0 aliphatic rings. The largest absolute Gasteiger partial charge is 0.497 e. The van der Waals surface area contributed by atoms with E-state index in [9.17, 15) is 0 Å². The lowest BCUT2D eigenvalue weighted by molar-refractivity contribution is 0.395. The summed E-state index contributed by atoms with van der Waals surface area (Å²) in [5.41, 5.74) is 2.19. The lowest BCUT2D eigenvalue weighted by Gasteiger charge is -2.12. The maximum atomic E-state index is 5.49. The number of nitrogens with zero attached hydrogens (tertiary/aromatic N) is 1. The average molecular weight is 416 g/mol. The number of methoxy groups -OCH3 is 4. The van der Waals surface area contributed by atoms with E-state index in [1.165, 1.54) is 0 Å². The van der Waals surface area contributed by atoms with E-state index in [2.05, 4.69) is 17.2 Å². The maximum absolute atomic E-state index is 5.49. The Morgan fingerprint density at radius 3 is 2.03 bits per heavy atom. The van der Waals surface area contributed by atoms with Gasteiger partial charge < -0.3 is 24.3 Å². The van der Waals surface area contributed by atoms with Gasteiger partial charge in [0.25, 0.3) is 0 Å². The molecule has 0 heterocycles. The first-order valence-corrected chi connectivity index (χ1v) is 9.53. The van der Waals surface area contributed by atoms with Crippen molar-refractivity contribution in [3.8, 4) is 34.8 Å². The molecule has 1 N–H and O–H groups in total. The molecule has 0 aliphatic heterocycles. The van der Waals surface area contributed by atoms with Crippen molar-refractivity contribution in [1.29, 1.82) is 0 Å². The molecule has 158 valence electrons. The highest BCUT2D eigenvalue weighted by molar-refractivity contribution is 6.10. The van der Waals surface area contributed by atoms with Gasteiger partial charge in [-0.25, -0.2) is 4.99 Å². The fourth-order valence-electron chi connectivity index (χ4n) is 2.77. The van der Waals surface area contributed by atoms with Crippen LogP contribution in [0.2, 0.25) is 0 Å². The quantitative estimate of drug-likeness (QED) is 0.351. The lowest BCUT2D eigenvalue weighted by Crippen LogP contribution is -2.10. The summed E-state index contributed by atoms with van der Waals surface area (Å²) in [5.74, 6) is 9.21. The number of amidine groups is 1. The minimum absolute atomic E-state index is 0.427. The van der Waals surface area contributed by atoms with Crippen LogP contribution in [0.4, 0.5) is 11.4 Å². The number of anilines is 1. The Morgan fingerprint density at radius 2 is 1.39 bits per heavy atom. The van der Waals surface area contributed by atoms with E-state index in [1.807, 2.05) is 54.6 Å². The van der Waals surface area contributed by atoms with Crippen LogP contribution in [-0.2, 0) is 0 Å². The Labute approximate surface area is 182 Å². The van der Waals surface area contributed by atoms with Gasteiger partial charge in [-0.2, -0.15) is 0 Å². The van der Waals surface area contributed by atoms with Crippen molar-refractivity contribution >= 4 is 17.2 Å². The molecule has 3 aromatic rings. The first kappa shape index (κ1) is 21.6. The summed E-state index contributed by atoms with van der Waals surface area (Å²) in [4.78, 5) is 4.70. The summed E-state index contributed by atoms with van der Waals surface area (Å²) in [6.07, 6.45) is 0. The third-order valence-corrected chi connectivity index (χ3v) is 4.38. The second-order valence-corrected chi connectivity index (χ2v) is 6.31. The Morgan fingerprint density at radius 1 is 0.742 bits per heavy atom. The fourth-order valence-corrected chi connectivity index (χ4v) is 2.77. The Hall–Kier alpha value is -4.11. The zero-order chi connectivity index (χ0) is 22.1. The molecular formula is C25H24N2O4. The molecule has 0 bridgehead atoms. The van der Waals surface area contributed by atoms with Crippen LogP contribution >= 0.6 is 0 Å². The second kappa shape index (κ2) is 10.6. The number of hydrogen-bond acceptors (Lipinski definition) is 5. The lowest BCUT2D eigenvalue weighted by atomic mass is 10.2. The molecule has 0 saturated heterocycles. The minimum Gasteiger partial charge on any atom is -0.497 e. The molecule has 0 saturated carbocycles. The summed E-state index contributed by atoms with van der Waals surface area (Å²) in [6, 6.07) is 20.6. The van der Waals surface area contributed by atoms with Crippen LogP contribution in [-0.4, -0.2) is 34.3 Å². The van der Waals surface area contributed by atoms with Gasteiger partial charge in [0, 0.05) is 17.7 Å². The van der Waals surface area contributed by atoms with Crippen LogP contribution in [0.5, 0.6) is 23.0 Å². The minimum atomic E-state index is 0.427. The highest BCUT2D eigenvalue weighted by Crippen LogP contribution is 2.33. The van der Waals surface area contributed by atoms with Crippen LogP contribution in [0.1, 0.15) is 5.56 Å². The summed E-state index contributed by atoms with van der Waals surface area (Å²) < 4.78 is 21.5. The smallest absolute Gasteiger partial charge is 0.184 e. The van der Waals surface area contributed by atoms with Gasteiger partial charge in [-0.05, 0) is 42.3 Å². The third-order valence-electron chi connectivity index (χ3n) is 4.38. The monoisotopic (exact) mass is 416 g/mol. The molecule has 0 aliphatic carbocycles. The van der Waals surface area contributed by atoms with Gasteiger partial charge in [0.2, 0.25) is 0 Å². The van der Waals surface area contributed by atoms with E-state index in [4.69, 9.17) is 23.9 Å². The molecule has 0 radical (unpaired) electrons. The summed E-state index contributed by atoms with van der Waals surface area (Å²) in [7, 11) is 6.39. The van der Waals surface area contributed by atoms with Crippen LogP contribution in [0.25, 0.3) is 0 Å². The number of ether oxygens (including phenoxy) is 4. The molecular weight excluding hydrogens is 392 g/mol. The summed E-state index contributed by atoms with van der Waals surface area (Å²) in [5, 5.41) is 3.26. The number of benzene rings is 3. The molecule has 0 amide bonds. The predicted molar refractivity (Wildman–Crippen MR) is 123 cm³/mol. The van der Waals surface area contributed by atoms with Crippen molar-refractivity contribution in [2.24, 2.45) is 4.99 Å². The van der Waals surface area contributed by atoms with E-state index in [0.29, 0.717) is 40.2 Å². The fraction of sp³-hybridized carbons (Fsp3) is 0.160. The highest BCUT2D eigenvalue weighted by atomic mass is 16.5. The van der Waals surface area contributed by atoms with Crippen LogP contribution < -0.4 is 24.3 Å². The van der Waals surface area contributed by atoms with Crippen molar-refractivity contribution in [1.82, 2.24) is 0 Å². The maximum Gasteiger partial charge on any atom is 0.184 e. The highest BCUT2D eigenvalue weighted by Gasteiger charge is 2.09. The SMILES string of the molecule is COc1ccc(N=C(C#Cc2ccccc2)Nc2ccc(OC)cc2OC)c(OC)c1. The van der Waals surface area contributed by atoms with E-state index in [-0.39, 0.29) is 0 Å². The number of rotatable bonds is 6. The van der Waals surface area contributed by atoms with Gasteiger partial charge in [0.15, 0.2) is 5.84 Å². The Balaban J connectivity index is 2.04. The topological polar surface area (TPSA) is 61.3 Å². The normalized spacial score (nSPS) is 10.5. The van der Waals surface area contributed by atoms with Crippen molar-refractivity contribution in [3.05, 3.63) is 72.3 Å². The predicted octanol–water partition coefficient (Wildman–Crippen LogP) is 4.91. The number of hydrogen-bond donors (Lipinski definition) is 1. The molecule has 3 aromatic carbocycles. The van der Waals surface area contributed by atoms with Crippen LogP contribution in [0.3, 0.4) is 0 Å². The molecule has 0 unspecified atom stereocenters. The van der Waals surface area contributed by atoms with E-state index in [1.54, 1.807) is 40.6 Å². The van der Waals surface area contributed by atoms with Gasteiger partial charge in [-0.3, -0.25) is 0 Å². The van der Waals surface area contributed by atoms with Gasteiger partial charge in [-0.15, -0.1) is 0 Å². The van der Waals surface area contributed by atoms with E-state index in [0.717, 1.165) is 5.56 Å². The average Bonchev–Trinajstić information content (AvgIpc) is 2.83. The van der Waals surface area contributed by atoms with Gasteiger partial charge in [0.1, 0.15) is 28.7 Å². The van der Waals surface area contributed by atoms with Crippen molar-refractivity contribution in [2.75, 3.05) is 33.8 Å². The molecule has 6 heteroatoms. The van der Waals surface area contributed by atoms with Gasteiger partial charge in [-0.1, -0.05) is 24.1 Å². The zero-order valence-electron chi connectivity index (χ0n) is 17.9. The Kier molecular flexibility index (Phi) is 7.39. The zero-order valence-corrected chi connectivity index (χ0v) is 17.9. The van der Waals surface area contributed by atoms with Crippen molar-refractivity contribution in [2.45, 2.75) is 0 Å². The van der Waals surface area contributed by atoms with E-state index < -0.39 is 0 Å². The van der Waals surface area contributed by atoms with Crippen molar-refractivity contribution < 1.29 is 18.9 Å². The summed E-state index contributed by atoms with van der Waals surface area (Å²) >= 11 is 0. The van der Waals surface area contributed by atoms with Crippen molar-refractivity contribution in [3.63, 3.8) is 0 Å². The van der Waals surface area contributed by atoms with E-state index >= 15 is 0 Å². The van der Waals surface area contributed by atoms with Gasteiger partial charge >= 0.3 is 0 Å². The van der Waals surface area contributed by atoms with Crippen LogP contribution in [0.15, 0.2) is 71.7 Å².